The van der Waals surface area contributed by atoms with E-state index in [2.05, 4.69) is 50.2 Å². The van der Waals surface area contributed by atoms with Crippen LogP contribution in [0.25, 0.3) is 0 Å². The number of nitrogens with one attached hydrogen (secondary N) is 1. The van der Waals surface area contributed by atoms with Gasteiger partial charge in [-0.15, -0.1) is 0 Å². The van der Waals surface area contributed by atoms with Gasteiger partial charge in [0.25, 0.3) is 0 Å². The zero-order valence-electron chi connectivity index (χ0n) is 11.5. The van der Waals surface area contributed by atoms with E-state index >= 15 is 0 Å². The molecule has 0 fully saturated rings. The van der Waals surface area contributed by atoms with Crippen molar-refractivity contribution in [2.75, 3.05) is 26.9 Å². The molecule has 0 bridgehead atoms. The highest BCUT2D eigenvalue weighted by atomic mass is 79.9. The fraction of sp³-hybridized carbons (Fsp3) is 0.571. The largest absolute Gasteiger partial charge is 0.492 e. The van der Waals surface area contributed by atoms with Crippen LogP contribution in [0.2, 0.25) is 0 Å². The normalized spacial score (nSPS) is 10.7. The Morgan fingerprint density at radius 2 is 2.00 bits per heavy atom. The van der Waals surface area contributed by atoms with Crippen molar-refractivity contribution in [1.29, 1.82) is 0 Å². The van der Waals surface area contributed by atoms with Gasteiger partial charge in [-0.25, -0.2) is 0 Å². The lowest BCUT2D eigenvalue weighted by molar-refractivity contribution is 0.194. The molecule has 0 saturated carbocycles. The second kappa shape index (κ2) is 9.75. The third-order valence-electron chi connectivity index (χ3n) is 2.55. The van der Waals surface area contributed by atoms with E-state index < -0.39 is 0 Å². The van der Waals surface area contributed by atoms with E-state index in [1.165, 1.54) is 0 Å². The standard InChI is InChI=1S/C14H21Br2NO2/c1-3-6-19-14-11(8-12(15)9-13(14)16)10-17-5-4-7-18-2/h8-9,17H,3-7,10H2,1-2H3. The Hall–Kier alpha value is -0.100. The van der Waals surface area contributed by atoms with Crippen LogP contribution in [0.1, 0.15) is 25.3 Å². The lowest BCUT2D eigenvalue weighted by Crippen LogP contribution is -2.17. The lowest BCUT2D eigenvalue weighted by Gasteiger charge is -2.14. The number of rotatable bonds is 9. The summed E-state index contributed by atoms with van der Waals surface area (Å²) in [6, 6.07) is 4.11. The maximum absolute atomic E-state index is 5.82. The Morgan fingerprint density at radius 1 is 1.21 bits per heavy atom. The first-order valence-corrected chi connectivity index (χ1v) is 8.08. The van der Waals surface area contributed by atoms with Crippen LogP contribution in [0.15, 0.2) is 21.1 Å². The number of benzene rings is 1. The number of halogens is 2. The highest BCUT2D eigenvalue weighted by Gasteiger charge is 2.09. The number of hydrogen-bond donors (Lipinski definition) is 1. The first kappa shape index (κ1) is 17.0. The summed E-state index contributed by atoms with van der Waals surface area (Å²) >= 11 is 7.08. The Morgan fingerprint density at radius 3 is 2.68 bits per heavy atom. The maximum atomic E-state index is 5.82. The molecule has 0 aliphatic rings. The van der Waals surface area contributed by atoms with E-state index in [9.17, 15) is 0 Å². The lowest BCUT2D eigenvalue weighted by atomic mass is 10.2. The summed E-state index contributed by atoms with van der Waals surface area (Å²) in [6.07, 6.45) is 2.01. The van der Waals surface area contributed by atoms with E-state index in [1.807, 2.05) is 6.07 Å². The maximum Gasteiger partial charge on any atom is 0.138 e. The summed E-state index contributed by atoms with van der Waals surface area (Å²) < 4.78 is 12.9. The van der Waals surface area contributed by atoms with Gasteiger partial charge in [-0.2, -0.15) is 0 Å². The minimum Gasteiger partial charge on any atom is -0.492 e. The molecule has 0 saturated heterocycles. The van der Waals surface area contributed by atoms with Crippen molar-refractivity contribution in [1.82, 2.24) is 5.32 Å². The fourth-order valence-electron chi connectivity index (χ4n) is 1.68. The Labute approximate surface area is 132 Å². The second-order valence-electron chi connectivity index (χ2n) is 4.25. The summed E-state index contributed by atoms with van der Waals surface area (Å²) in [5, 5.41) is 3.41. The molecule has 3 nitrogen and oxygen atoms in total. The van der Waals surface area contributed by atoms with E-state index in [1.54, 1.807) is 7.11 Å². The van der Waals surface area contributed by atoms with Gasteiger partial charge >= 0.3 is 0 Å². The van der Waals surface area contributed by atoms with Crippen molar-refractivity contribution in [2.45, 2.75) is 26.3 Å². The minimum atomic E-state index is 0.733. The molecule has 0 amide bonds. The molecule has 1 N–H and O–H groups in total. The summed E-state index contributed by atoms with van der Waals surface area (Å²) in [7, 11) is 1.72. The van der Waals surface area contributed by atoms with Gasteiger partial charge in [-0.05, 0) is 47.4 Å². The van der Waals surface area contributed by atoms with Crippen LogP contribution >= 0.6 is 31.9 Å². The van der Waals surface area contributed by atoms with Gasteiger partial charge in [-0.3, -0.25) is 0 Å². The minimum absolute atomic E-state index is 0.733. The van der Waals surface area contributed by atoms with Crippen LogP contribution in [0, 0.1) is 0 Å². The Balaban J connectivity index is 2.62. The Kier molecular flexibility index (Phi) is 8.70. The molecule has 0 aliphatic carbocycles. The number of methoxy groups -OCH3 is 1. The highest BCUT2D eigenvalue weighted by molar-refractivity contribution is 9.11. The van der Waals surface area contributed by atoms with Crippen LogP contribution in [-0.4, -0.2) is 26.9 Å². The monoisotopic (exact) mass is 393 g/mol. The first-order chi connectivity index (χ1) is 9.19. The van der Waals surface area contributed by atoms with Crippen LogP contribution in [0.4, 0.5) is 0 Å². The molecular weight excluding hydrogens is 374 g/mol. The van der Waals surface area contributed by atoms with Crippen LogP contribution < -0.4 is 10.1 Å². The van der Waals surface area contributed by atoms with Crippen molar-refractivity contribution in [3.8, 4) is 5.75 Å². The molecule has 0 atom stereocenters. The van der Waals surface area contributed by atoms with Gasteiger partial charge in [0, 0.05) is 30.3 Å². The zero-order chi connectivity index (χ0) is 14.1. The molecule has 0 aromatic heterocycles. The molecule has 19 heavy (non-hydrogen) atoms. The summed E-state index contributed by atoms with van der Waals surface area (Å²) in [4.78, 5) is 0. The van der Waals surface area contributed by atoms with Gasteiger partial charge in [0.05, 0.1) is 11.1 Å². The summed E-state index contributed by atoms with van der Waals surface area (Å²) in [6.45, 7) is 5.35. The molecule has 1 aromatic rings. The average molecular weight is 395 g/mol. The van der Waals surface area contributed by atoms with Gasteiger partial charge in [0.2, 0.25) is 0 Å². The van der Waals surface area contributed by atoms with Crippen LogP contribution in [0.3, 0.4) is 0 Å². The Bertz CT molecular complexity index is 386. The molecule has 108 valence electrons. The quantitative estimate of drug-likeness (QED) is 0.639. The van der Waals surface area contributed by atoms with Crippen molar-refractivity contribution in [2.24, 2.45) is 0 Å². The SMILES string of the molecule is CCCOc1c(Br)cc(Br)cc1CNCCCOC. The van der Waals surface area contributed by atoms with E-state index in [4.69, 9.17) is 9.47 Å². The number of ether oxygens (including phenoxy) is 2. The van der Waals surface area contributed by atoms with E-state index in [0.29, 0.717) is 0 Å². The average Bonchev–Trinajstić information content (AvgIpc) is 2.37. The molecule has 0 aliphatic heterocycles. The third kappa shape index (κ3) is 6.25. The van der Waals surface area contributed by atoms with Gasteiger partial charge in [-0.1, -0.05) is 22.9 Å². The van der Waals surface area contributed by atoms with Crippen LogP contribution in [-0.2, 0) is 11.3 Å². The predicted octanol–water partition coefficient (Wildman–Crippen LogP) is 4.13. The van der Waals surface area contributed by atoms with Gasteiger partial charge in [0.1, 0.15) is 5.75 Å². The second-order valence-corrected chi connectivity index (χ2v) is 6.02. The molecule has 1 rings (SSSR count). The predicted molar refractivity (Wildman–Crippen MR) is 85.8 cm³/mol. The molecule has 0 radical (unpaired) electrons. The highest BCUT2D eigenvalue weighted by Crippen LogP contribution is 2.33. The molecule has 1 aromatic carbocycles. The van der Waals surface area contributed by atoms with E-state index in [-0.39, 0.29) is 0 Å². The third-order valence-corrected chi connectivity index (χ3v) is 3.60. The van der Waals surface area contributed by atoms with Crippen LogP contribution in [0.5, 0.6) is 5.75 Å². The molecule has 0 unspecified atom stereocenters. The number of hydrogen-bond acceptors (Lipinski definition) is 3. The zero-order valence-corrected chi connectivity index (χ0v) is 14.6. The summed E-state index contributed by atoms with van der Waals surface area (Å²) in [5.74, 6) is 0.935. The topological polar surface area (TPSA) is 30.5 Å². The van der Waals surface area contributed by atoms with E-state index in [0.717, 1.165) is 59.4 Å². The van der Waals surface area contributed by atoms with Gasteiger partial charge in [0.15, 0.2) is 0 Å². The fourth-order valence-corrected chi connectivity index (χ4v) is 3.10. The molecule has 0 heterocycles. The summed E-state index contributed by atoms with van der Waals surface area (Å²) in [5.41, 5.74) is 1.16. The van der Waals surface area contributed by atoms with Gasteiger partial charge < -0.3 is 14.8 Å². The molecule has 0 spiro atoms. The molecular formula is C14H21Br2NO2. The van der Waals surface area contributed by atoms with Crippen molar-refractivity contribution >= 4 is 31.9 Å². The molecule has 5 heteroatoms. The van der Waals surface area contributed by atoms with Crippen molar-refractivity contribution < 1.29 is 9.47 Å². The smallest absolute Gasteiger partial charge is 0.138 e. The van der Waals surface area contributed by atoms with Crippen molar-refractivity contribution in [3.05, 3.63) is 26.6 Å². The van der Waals surface area contributed by atoms with Crippen molar-refractivity contribution in [3.63, 3.8) is 0 Å². The first-order valence-electron chi connectivity index (χ1n) is 6.49.